The van der Waals surface area contributed by atoms with E-state index in [0.717, 1.165) is 24.2 Å². The molecule has 29 heavy (non-hydrogen) atoms. The quantitative estimate of drug-likeness (QED) is 0.635. The molecule has 0 spiro atoms. The zero-order chi connectivity index (χ0) is 20.2. The van der Waals surface area contributed by atoms with E-state index in [4.69, 9.17) is 4.74 Å². The van der Waals surface area contributed by atoms with Crippen LogP contribution in [0.25, 0.3) is 11.1 Å². The zero-order valence-electron chi connectivity index (χ0n) is 16.7. The third-order valence-electron chi connectivity index (χ3n) is 4.68. The van der Waals surface area contributed by atoms with E-state index >= 15 is 0 Å². The Morgan fingerprint density at radius 1 is 1.03 bits per heavy atom. The lowest BCUT2D eigenvalue weighted by Gasteiger charge is -2.35. The van der Waals surface area contributed by atoms with Gasteiger partial charge >= 0.3 is 0 Å². The molecule has 8 heteroatoms. The van der Waals surface area contributed by atoms with E-state index in [9.17, 15) is 0 Å². The van der Waals surface area contributed by atoms with Gasteiger partial charge in [0.2, 0.25) is 5.95 Å². The second kappa shape index (κ2) is 8.75. The molecule has 2 atom stereocenters. The standard InChI is InChI=1S/C21H24N6OS/c1-14-12-27(13-15(2)28-14)21-22-9-8-19(25-21)24-20-10-17(11-23-26-20)16-4-6-18(29-3)7-5-16/h4-11,14-15H,12-13H2,1-3H3,(H,22,24,25,26)/t14-,15+. The van der Waals surface area contributed by atoms with Gasteiger partial charge in [0.05, 0.1) is 18.4 Å². The number of nitrogens with zero attached hydrogens (tertiary/aromatic N) is 5. The van der Waals surface area contributed by atoms with E-state index in [1.165, 1.54) is 4.90 Å². The Bertz CT molecular complexity index is 957. The van der Waals surface area contributed by atoms with Crippen molar-refractivity contribution in [2.24, 2.45) is 0 Å². The first-order valence-electron chi connectivity index (χ1n) is 9.58. The number of ether oxygens (including phenoxy) is 1. The molecule has 1 aromatic carbocycles. The van der Waals surface area contributed by atoms with Crippen LogP contribution in [0.3, 0.4) is 0 Å². The predicted molar refractivity (Wildman–Crippen MR) is 117 cm³/mol. The molecule has 0 saturated carbocycles. The van der Waals surface area contributed by atoms with Gasteiger partial charge in [0.25, 0.3) is 0 Å². The number of rotatable bonds is 5. The second-order valence-electron chi connectivity index (χ2n) is 7.09. The smallest absolute Gasteiger partial charge is 0.227 e. The van der Waals surface area contributed by atoms with Gasteiger partial charge in [-0.3, -0.25) is 0 Å². The van der Waals surface area contributed by atoms with Crippen LogP contribution in [0.15, 0.2) is 53.7 Å². The number of aromatic nitrogens is 4. The maximum Gasteiger partial charge on any atom is 0.227 e. The predicted octanol–water partition coefficient (Wildman–Crippen LogP) is 4.01. The highest BCUT2D eigenvalue weighted by molar-refractivity contribution is 7.98. The molecule has 0 unspecified atom stereocenters. The molecule has 0 radical (unpaired) electrons. The summed E-state index contributed by atoms with van der Waals surface area (Å²) in [6.45, 7) is 5.68. The Labute approximate surface area is 174 Å². The van der Waals surface area contributed by atoms with Gasteiger partial charge in [0.15, 0.2) is 5.82 Å². The first-order valence-corrected chi connectivity index (χ1v) is 10.8. The maximum atomic E-state index is 5.80. The molecule has 1 aliphatic heterocycles. The maximum absolute atomic E-state index is 5.80. The topological polar surface area (TPSA) is 76.1 Å². The summed E-state index contributed by atoms with van der Waals surface area (Å²) in [5.41, 5.74) is 2.10. The summed E-state index contributed by atoms with van der Waals surface area (Å²) in [6, 6.07) is 12.2. The molecule has 2 aromatic heterocycles. The minimum absolute atomic E-state index is 0.152. The minimum atomic E-state index is 0.152. The highest BCUT2D eigenvalue weighted by Crippen LogP contribution is 2.25. The van der Waals surface area contributed by atoms with Crippen molar-refractivity contribution in [1.82, 2.24) is 20.2 Å². The molecule has 1 aliphatic rings. The molecule has 1 fully saturated rings. The Morgan fingerprint density at radius 3 is 2.52 bits per heavy atom. The Kier molecular flexibility index (Phi) is 5.92. The number of thioether (sulfide) groups is 1. The molecule has 3 heterocycles. The van der Waals surface area contributed by atoms with Crippen LogP contribution in [-0.4, -0.2) is 51.7 Å². The Balaban J connectivity index is 1.52. The van der Waals surface area contributed by atoms with Crippen LogP contribution in [-0.2, 0) is 4.74 Å². The summed E-state index contributed by atoms with van der Waals surface area (Å²) in [6.07, 6.45) is 5.90. The molecule has 4 rings (SSSR count). The van der Waals surface area contributed by atoms with E-state index in [2.05, 4.69) is 74.8 Å². The van der Waals surface area contributed by atoms with Gasteiger partial charge in [-0.1, -0.05) is 12.1 Å². The SMILES string of the molecule is CSc1ccc(-c2cnnc(Nc3ccnc(N4C[C@@H](C)O[C@@H](C)C4)n3)c2)cc1. The highest BCUT2D eigenvalue weighted by Gasteiger charge is 2.24. The van der Waals surface area contributed by atoms with Crippen LogP contribution in [0, 0.1) is 0 Å². The number of hydrogen-bond acceptors (Lipinski definition) is 8. The van der Waals surface area contributed by atoms with Crippen molar-refractivity contribution >= 4 is 29.3 Å². The van der Waals surface area contributed by atoms with Gasteiger partial charge < -0.3 is 15.0 Å². The average molecular weight is 409 g/mol. The third kappa shape index (κ3) is 4.83. The van der Waals surface area contributed by atoms with E-state index < -0.39 is 0 Å². The molecule has 0 amide bonds. The van der Waals surface area contributed by atoms with Gasteiger partial charge in [-0.05, 0) is 49.9 Å². The van der Waals surface area contributed by atoms with Gasteiger partial charge in [-0.2, -0.15) is 10.1 Å². The van der Waals surface area contributed by atoms with Crippen LogP contribution in [0.1, 0.15) is 13.8 Å². The van der Waals surface area contributed by atoms with E-state index in [1.807, 2.05) is 12.1 Å². The van der Waals surface area contributed by atoms with E-state index in [0.29, 0.717) is 17.6 Å². The highest BCUT2D eigenvalue weighted by atomic mass is 32.2. The minimum Gasteiger partial charge on any atom is -0.372 e. The van der Waals surface area contributed by atoms with Crippen LogP contribution in [0.2, 0.25) is 0 Å². The fourth-order valence-corrected chi connectivity index (χ4v) is 3.82. The zero-order valence-corrected chi connectivity index (χ0v) is 17.6. The van der Waals surface area contributed by atoms with Crippen LogP contribution >= 0.6 is 11.8 Å². The van der Waals surface area contributed by atoms with Gasteiger partial charge in [-0.25, -0.2) is 4.98 Å². The van der Waals surface area contributed by atoms with Crippen LogP contribution in [0.4, 0.5) is 17.6 Å². The molecule has 1 N–H and O–H groups in total. The largest absolute Gasteiger partial charge is 0.372 e. The molecule has 7 nitrogen and oxygen atoms in total. The monoisotopic (exact) mass is 408 g/mol. The molecule has 0 bridgehead atoms. The number of morpholine rings is 1. The van der Waals surface area contributed by atoms with Gasteiger partial charge in [0.1, 0.15) is 5.82 Å². The van der Waals surface area contributed by atoms with Crippen molar-refractivity contribution in [3.8, 4) is 11.1 Å². The van der Waals surface area contributed by atoms with Crippen molar-refractivity contribution in [3.63, 3.8) is 0 Å². The van der Waals surface area contributed by atoms with E-state index in [1.54, 1.807) is 24.2 Å². The molecule has 0 aliphatic carbocycles. The van der Waals surface area contributed by atoms with E-state index in [-0.39, 0.29) is 12.2 Å². The Hall–Kier alpha value is -2.71. The first kappa shape index (κ1) is 19.6. The summed E-state index contributed by atoms with van der Waals surface area (Å²) < 4.78 is 5.80. The fraction of sp³-hybridized carbons (Fsp3) is 0.333. The summed E-state index contributed by atoms with van der Waals surface area (Å²) in [5.74, 6) is 2.02. The fourth-order valence-electron chi connectivity index (χ4n) is 3.41. The van der Waals surface area contributed by atoms with Gasteiger partial charge in [-0.15, -0.1) is 16.9 Å². The first-order chi connectivity index (χ1) is 14.1. The molecule has 150 valence electrons. The molecule has 3 aromatic rings. The number of benzene rings is 1. The third-order valence-corrected chi connectivity index (χ3v) is 5.42. The van der Waals surface area contributed by atoms with Crippen molar-refractivity contribution in [2.45, 2.75) is 31.0 Å². The molecular formula is C21H24N6OS. The second-order valence-corrected chi connectivity index (χ2v) is 7.97. The van der Waals surface area contributed by atoms with Crippen LogP contribution < -0.4 is 10.2 Å². The number of hydrogen-bond donors (Lipinski definition) is 1. The lowest BCUT2D eigenvalue weighted by molar-refractivity contribution is -0.00571. The normalized spacial score (nSPS) is 19.2. The Morgan fingerprint density at radius 2 is 1.79 bits per heavy atom. The molecular weight excluding hydrogens is 384 g/mol. The van der Waals surface area contributed by atoms with Crippen molar-refractivity contribution in [3.05, 3.63) is 48.8 Å². The lowest BCUT2D eigenvalue weighted by atomic mass is 10.1. The summed E-state index contributed by atoms with van der Waals surface area (Å²) >= 11 is 1.72. The number of anilines is 3. The number of nitrogens with one attached hydrogen (secondary N) is 1. The molecule has 1 saturated heterocycles. The summed E-state index contributed by atoms with van der Waals surface area (Å²) in [5, 5.41) is 11.6. The summed E-state index contributed by atoms with van der Waals surface area (Å²) in [4.78, 5) is 12.5. The lowest BCUT2D eigenvalue weighted by Crippen LogP contribution is -2.46. The average Bonchev–Trinajstić information content (AvgIpc) is 2.73. The van der Waals surface area contributed by atoms with Crippen molar-refractivity contribution < 1.29 is 4.74 Å². The van der Waals surface area contributed by atoms with Gasteiger partial charge in [0, 0.05) is 29.7 Å². The van der Waals surface area contributed by atoms with Crippen molar-refractivity contribution in [2.75, 3.05) is 29.6 Å². The summed E-state index contributed by atoms with van der Waals surface area (Å²) in [7, 11) is 0. The van der Waals surface area contributed by atoms with Crippen molar-refractivity contribution in [1.29, 1.82) is 0 Å². The van der Waals surface area contributed by atoms with Crippen LogP contribution in [0.5, 0.6) is 0 Å².